The van der Waals surface area contributed by atoms with E-state index < -0.39 is 0 Å². The van der Waals surface area contributed by atoms with E-state index in [0.717, 1.165) is 0 Å². The molecule has 4 heteroatoms. The molecule has 0 amide bonds. The van der Waals surface area contributed by atoms with Gasteiger partial charge in [0.15, 0.2) is 0 Å². The number of Topliss-reactive ketones (excluding diaryl/α,β-unsaturated/α-hetero) is 1. The van der Waals surface area contributed by atoms with Crippen LogP contribution < -0.4 is 5.73 Å². The minimum Gasteiger partial charge on any atom is -0.330 e. The van der Waals surface area contributed by atoms with Crippen molar-refractivity contribution in [2.75, 3.05) is 20.1 Å². The molecule has 0 aliphatic rings. The molecule has 3 nitrogen and oxygen atoms in total. The summed E-state index contributed by atoms with van der Waals surface area (Å²) in [4.78, 5) is 10.8. The molecular weight excluding hydrogens is 152 g/mol. The van der Waals surface area contributed by atoms with Crippen LogP contribution in [0, 0.1) is 0 Å². The van der Waals surface area contributed by atoms with Crippen LogP contribution in [0.15, 0.2) is 0 Å². The van der Waals surface area contributed by atoms with E-state index in [1.807, 2.05) is 0 Å². The minimum absolute atomic E-state index is 0.176. The number of carbonyl (C=O) groups is 1. The van der Waals surface area contributed by atoms with Crippen LogP contribution in [-0.4, -0.2) is 30.3 Å². The lowest BCUT2D eigenvalue weighted by molar-refractivity contribution is -0.118. The van der Waals surface area contributed by atoms with Crippen molar-refractivity contribution in [3.05, 3.63) is 0 Å². The Labute approximate surface area is 66.2 Å². The van der Waals surface area contributed by atoms with E-state index >= 15 is 0 Å². The standard InChI is InChI=1S/C6H13ClN2O/c1-9(7)5-3-6(10)2-4-8/h2-5,8H2,1H3. The number of ketones is 1. The maximum atomic E-state index is 10.8. The van der Waals surface area contributed by atoms with Gasteiger partial charge in [0, 0.05) is 26.4 Å². The number of carbonyl (C=O) groups excluding carboxylic acids is 1. The number of hydrogen-bond acceptors (Lipinski definition) is 3. The maximum absolute atomic E-state index is 10.8. The fraction of sp³-hybridized carbons (Fsp3) is 0.833. The van der Waals surface area contributed by atoms with Crippen molar-refractivity contribution in [1.29, 1.82) is 0 Å². The van der Waals surface area contributed by atoms with E-state index in [4.69, 9.17) is 17.5 Å². The molecule has 0 saturated heterocycles. The average molecular weight is 165 g/mol. The van der Waals surface area contributed by atoms with Gasteiger partial charge in [-0.25, -0.2) is 4.42 Å². The van der Waals surface area contributed by atoms with Gasteiger partial charge < -0.3 is 5.73 Å². The number of halogens is 1. The van der Waals surface area contributed by atoms with Gasteiger partial charge in [-0.05, 0) is 18.3 Å². The van der Waals surface area contributed by atoms with Gasteiger partial charge in [-0.2, -0.15) is 0 Å². The normalized spacial score (nSPS) is 10.4. The van der Waals surface area contributed by atoms with Crippen molar-refractivity contribution >= 4 is 17.6 Å². The quantitative estimate of drug-likeness (QED) is 0.598. The van der Waals surface area contributed by atoms with Gasteiger partial charge in [0.25, 0.3) is 0 Å². The highest BCUT2D eigenvalue weighted by molar-refractivity contribution is 6.13. The summed E-state index contributed by atoms with van der Waals surface area (Å²) in [5.41, 5.74) is 5.17. The third-order valence-corrected chi connectivity index (χ3v) is 1.29. The van der Waals surface area contributed by atoms with Gasteiger partial charge >= 0.3 is 0 Å². The summed E-state index contributed by atoms with van der Waals surface area (Å²) in [5, 5.41) is 0. The molecule has 0 fully saturated rings. The highest BCUT2D eigenvalue weighted by atomic mass is 35.5. The summed E-state index contributed by atoms with van der Waals surface area (Å²) >= 11 is 5.47. The van der Waals surface area contributed by atoms with Crippen molar-refractivity contribution in [2.24, 2.45) is 5.73 Å². The van der Waals surface area contributed by atoms with Gasteiger partial charge in [-0.3, -0.25) is 4.79 Å². The van der Waals surface area contributed by atoms with E-state index in [2.05, 4.69) is 0 Å². The topological polar surface area (TPSA) is 46.3 Å². The Kier molecular flexibility index (Phi) is 5.58. The molecule has 10 heavy (non-hydrogen) atoms. The average Bonchev–Trinajstić information content (AvgIpc) is 1.85. The SMILES string of the molecule is CN(Cl)CCC(=O)CCN. The van der Waals surface area contributed by atoms with Crippen LogP contribution in [0.1, 0.15) is 12.8 Å². The predicted octanol–water partition coefficient (Wildman–Crippen LogP) is 0.380. The van der Waals surface area contributed by atoms with E-state index in [-0.39, 0.29) is 5.78 Å². The summed E-state index contributed by atoms with van der Waals surface area (Å²) in [7, 11) is 1.72. The zero-order valence-electron chi connectivity index (χ0n) is 6.14. The van der Waals surface area contributed by atoms with E-state index in [1.165, 1.54) is 4.42 Å². The molecule has 0 aliphatic heterocycles. The Morgan fingerprint density at radius 3 is 2.60 bits per heavy atom. The van der Waals surface area contributed by atoms with Crippen LogP contribution >= 0.6 is 11.8 Å². The summed E-state index contributed by atoms with van der Waals surface area (Å²) in [6.07, 6.45) is 0.960. The van der Waals surface area contributed by atoms with Gasteiger partial charge in [-0.1, -0.05) is 0 Å². The third kappa shape index (κ3) is 6.01. The largest absolute Gasteiger partial charge is 0.330 e. The number of nitrogens with zero attached hydrogens (tertiary/aromatic N) is 1. The van der Waals surface area contributed by atoms with Crippen LogP contribution in [0.2, 0.25) is 0 Å². The molecule has 0 radical (unpaired) electrons. The van der Waals surface area contributed by atoms with Crippen molar-refractivity contribution in [3.8, 4) is 0 Å². The maximum Gasteiger partial charge on any atom is 0.135 e. The van der Waals surface area contributed by atoms with Gasteiger partial charge in [-0.15, -0.1) is 0 Å². The first-order valence-electron chi connectivity index (χ1n) is 3.25. The number of hydrogen-bond donors (Lipinski definition) is 1. The van der Waals surface area contributed by atoms with Crippen molar-refractivity contribution in [3.63, 3.8) is 0 Å². The van der Waals surface area contributed by atoms with E-state index in [1.54, 1.807) is 7.05 Å². The molecule has 0 saturated carbocycles. The number of nitrogens with two attached hydrogens (primary N) is 1. The van der Waals surface area contributed by atoms with Crippen LogP contribution in [0.5, 0.6) is 0 Å². The second-order valence-corrected chi connectivity index (χ2v) is 2.73. The predicted molar refractivity (Wildman–Crippen MR) is 41.8 cm³/mol. The second kappa shape index (κ2) is 5.65. The lowest BCUT2D eigenvalue weighted by Gasteiger charge is -2.03. The Morgan fingerprint density at radius 1 is 1.60 bits per heavy atom. The van der Waals surface area contributed by atoms with Crippen LogP contribution in [-0.2, 0) is 4.79 Å². The van der Waals surface area contributed by atoms with Crippen molar-refractivity contribution in [1.82, 2.24) is 4.42 Å². The third-order valence-electron chi connectivity index (χ3n) is 1.12. The van der Waals surface area contributed by atoms with Crippen LogP contribution in [0.25, 0.3) is 0 Å². The zero-order chi connectivity index (χ0) is 7.98. The molecule has 0 heterocycles. The Bertz CT molecular complexity index is 106. The van der Waals surface area contributed by atoms with Crippen molar-refractivity contribution < 1.29 is 4.79 Å². The number of rotatable bonds is 5. The van der Waals surface area contributed by atoms with E-state index in [0.29, 0.717) is 25.9 Å². The molecule has 2 N–H and O–H groups in total. The Hall–Kier alpha value is -0.120. The molecule has 0 spiro atoms. The molecule has 0 rings (SSSR count). The molecule has 0 atom stereocenters. The molecule has 0 aromatic carbocycles. The fourth-order valence-electron chi connectivity index (χ4n) is 0.565. The fourth-order valence-corrected chi connectivity index (χ4v) is 0.649. The van der Waals surface area contributed by atoms with Crippen LogP contribution in [0.4, 0.5) is 0 Å². The summed E-state index contributed by atoms with van der Waals surface area (Å²) in [6, 6.07) is 0. The molecule has 0 bridgehead atoms. The smallest absolute Gasteiger partial charge is 0.135 e. The Morgan fingerprint density at radius 2 is 2.20 bits per heavy atom. The molecule has 60 valence electrons. The zero-order valence-corrected chi connectivity index (χ0v) is 6.90. The Balaban J connectivity index is 3.22. The van der Waals surface area contributed by atoms with E-state index in [9.17, 15) is 4.79 Å². The molecule has 0 unspecified atom stereocenters. The summed E-state index contributed by atoms with van der Waals surface area (Å²) < 4.78 is 1.47. The van der Waals surface area contributed by atoms with Crippen LogP contribution in [0.3, 0.4) is 0 Å². The highest BCUT2D eigenvalue weighted by Crippen LogP contribution is 1.93. The highest BCUT2D eigenvalue weighted by Gasteiger charge is 2.00. The first-order valence-corrected chi connectivity index (χ1v) is 3.59. The molecule has 0 aliphatic carbocycles. The van der Waals surface area contributed by atoms with Gasteiger partial charge in [0.1, 0.15) is 5.78 Å². The monoisotopic (exact) mass is 164 g/mol. The van der Waals surface area contributed by atoms with Gasteiger partial charge in [0.05, 0.1) is 0 Å². The lowest BCUT2D eigenvalue weighted by atomic mass is 10.2. The molecule has 0 aromatic rings. The summed E-state index contributed by atoms with van der Waals surface area (Å²) in [5.74, 6) is 0.176. The lowest BCUT2D eigenvalue weighted by Crippen LogP contribution is -2.14. The molecule has 0 aromatic heterocycles. The van der Waals surface area contributed by atoms with Gasteiger partial charge in [0.2, 0.25) is 0 Å². The molecular formula is C6H13ClN2O. The first-order chi connectivity index (χ1) is 4.66. The second-order valence-electron chi connectivity index (χ2n) is 2.16. The minimum atomic E-state index is 0.176. The van der Waals surface area contributed by atoms with Crippen molar-refractivity contribution in [2.45, 2.75) is 12.8 Å². The first kappa shape index (κ1) is 9.88. The summed E-state index contributed by atoms with van der Waals surface area (Å²) in [6.45, 7) is 1.03.